The number of rotatable bonds is 4. The van der Waals surface area contributed by atoms with Crippen molar-refractivity contribution in [2.24, 2.45) is 5.92 Å². The van der Waals surface area contributed by atoms with Crippen LogP contribution in [0.5, 0.6) is 0 Å². The molecule has 1 atom stereocenters. The van der Waals surface area contributed by atoms with Crippen molar-refractivity contribution in [1.29, 1.82) is 0 Å². The predicted octanol–water partition coefficient (Wildman–Crippen LogP) is 3.19. The van der Waals surface area contributed by atoms with Crippen molar-refractivity contribution in [3.63, 3.8) is 0 Å². The van der Waals surface area contributed by atoms with Crippen molar-refractivity contribution in [3.05, 3.63) is 12.4 Å². The summed E-state index contributed by atoms with van der Waals surface area (Å²) in [6, 6.07) is 0. The van der Waals surface area contributed by atoms with Gasteiger partial charge in [0.1, 0.15) is 4.33 Å². The van der Waals surface area contributed by atoms with Gasteiger partial charge in [0.2, 0.25) is 0 Å². The minimum atomic E-state index is -0.462. The van der Waals surface area contributed by atoms with Gasteiger partial charge in [0.05, 0.1) is 0 Å². The molecule has 0 amide bonds. The molecule has 1 aromatic heterocycles. The standard InChI is InChI=1S/C9H12Cl2N2S/c1-2-13-4-3-12-8(13)14-6-7-5-9(7,10)11/h3-4,7H,2,5-6H2,1H3/t7-/m1/s1. The molecule has 14 heavy (non-hydrogen) atoms. The zero-order chi connectivity index (χ0) is 10.2. The number of imidazole rings is 1. The highest BCUT2D eigenvalue weighted by molar-refractivity contribution is 7.99. The van der Waals surface area contributed by atoms with Gasteiger partial charge in [-0.2, -0.15) is 0 Å². The number of nitrogens with zero attached hydrogens (tertiary/aromatic N) is 2. The van der Waals surface area contributed by atoms with Crippen LogP contribution in [0.2, 0.25) is 0 Å². The molecule has 1 heterocycles. The summed E-state index contributed by atoms with van der Waals surface area (Å²) in [7, 11) is 0. The van der Waals surface area contributed by atoms with Crippen molar-refractivity contribution < 1.29 is 0 Å². The number of halogens is 2. The average molecular weight is 251 g/mol. The average Bonchev–Trinajstić information content (AvgIpc) is 2.62. The van der Waals surface area contributed by atoms with E-state index in [2.05, 4.69) is 16.5 Å². The summed E-state index contributed by atoms with van der Waals surface area (Å²) in [4.78, 5) is 4.27. The normalized spacial score (nSPS) is 23.8. The molecule has 0 radical (unpaired) electrons. The van der Waals surface area contributed by atoms with E-state index in [0.29, 0.717) is 5.92 Å². The van der Waals surface area contributed by atoms with Crippen LogP contribution >= 0.6 is 35.0 Å². The maximum Gasteiger partial charge on any atom is 0.167 e. The van der Waals surface area contributed by atoms with E-state index in [0.717, 1.165) is 23.9 Å². The maximum absolute atomic E-state index is 5.95. The molecule has 2 rings (SSSR count). The van der Waals surface area contributed by atoms with E-state index in [-0.39, 0.29) is 0 Å². The molecule has 0 aromatic carbocycles. The second-order valence-corrected chi connectivity index (χ2v) is 6.00. The van der Waals surface area contributed by atoms with Crippen LogP contribution in [0.25, 0.3) is 0 Å². The third-order valence-corrected chi connectivity index (χ3v) is 4.48. The first-order valence-corrected chi connectivity index (χ1v) is 6.39. The zero-order valence-electron chi connectivity index (χ0n) is 7.91. The van der Waals surface area contributed by atoms with Crippen LogP contribution in [0.1, 0.15) is 13.3 Å². The van der Waals surface area contributed by atoms with Crippen molar-refractivity contribution >= 4 is 35.0 Å². The number of aromatic nitrogens is 2. The highest BCUT2D eigenvalue weighted by Crippen LogP contribution is 2.54. The van der Waals surface area contributed by atoms with Crippen LogP contribution in [0.3, 0.4) is 0 Å². The first-order chi connectivity index (χ1) is 6.63. The Morgan fingerprint density at radius 3 is 3.00 bits per heavy atom. The fourth-order valence-corrected chi connectivity index (χ4v) is 3.26. The second kappa shape index (κ2) is 3.95. The van der Waals surface area contributed by atoms with Crippen LogP contribution < -0.4 is 0 Å². The molecule has 1 aliphatic carbocycles. The van der Waals surface area contributed by atoms with Crippen molar-refractivity contribution in [2.45, 2.75) is 29.4 Å². The topological polar surface area (TPSA) is 17.8 Å². The first-order valence-electron chi connectivity index (χ1n) is 4.65. The molecule has 1 saturated carbocycles. The summed E-state index contributed by atoms with van der Waals surface area (Å²) < 4.78 is 1.66. The molecule has 0 unspecified atom stereocenters. The largest absolute Gasteiger partial charge is 0.326 e. The van der Waals surface area contributed by atoms with E-state index in [1.165, 1.54) is 0 Å². The minimum absolute atomic E-state index is 0.429. The molecule has 0 aliphatic heterocycles. The molecule has 2 nitrogen and oxygen atoms in total. The highest BCUT2D eigenvalue weighted by atomic mass is 35.5. The van der Waals surface area contributed by atoms with E-state index in [1.807, 2.05) is 12.4 Å². The van der Waals surface area contributed by atoms with Gasteiger partial charge in [0.25, 0.3) is 0 Å². The maximum atomic E-state index is 5.95. The number of hydrogen-bond acceptors (Lipinski definition) is 2. The van der Waals surface area contributed by atoms with Gasteiger partial charge >= 0.3 is 0 Å². The fraction of sp³-hybridized carbons (Fsp3) is 0.667. The smallest absolute Gasteiger partial charge is 0.167 e. The van der Waals surface area contributed by atoms with Crippen LogP contribution in [0.15, 0.2) is 17.6 Å². The molecular formula is C9H12Cl2N2S. The Morgan fingerprint density at radius 1 is 1.71 bits per heavy atom. The Kier molecular flexibility index (Phi) is 3.01. The lowest BCUT2D eigenvalue weighted by Gasteiger charge is -2.03. The van der Waals surface area contributed by atoms with Gasteiger partial charge in [0, 0.05) is 30.6 Å². The van der Waals surface area contributed by atoms with Crippen LogP contribution in [0.4, 0.5) is 0 Å². The molecule has 78 valence electrons. The fourth-order valence-electron chi connectivity index (χ4n) is 1.30. The number of thioether (sulfide) groups is 1. The molecule has 0 spiro atoms. The third-order valence-electron chi connectivity index (χ3n) is 2.39. The Labute approximate surface area is 98.0 Å². The number of hydrogen-bond donors (Lipinski definition) is 0. The summed E-state index contributed by atoms with van der Waals surface area (Å²) >= 11 is 13.6. The number of alkyl halides is 2. The van der Waals surface area contributed by atoms with E-state index < -0.39 is 4.33 Å². The van der Waals surface area contributed by atoms with Crippen molar-refractivity contribution in [2.75, 3.05) is 5.75 Å². The molecule has 0 saturated heterocycles. The van der Waals surface area contributed by atoms with Gasteiger partial charge in [-0.25, -0.2) is 4.98 Å². The van der Waals surface area contributed by atoms with Crippen molar-refractivity contribution in [3.8, 4) is 0 Å². The highest BCUT2D eigenvalue weighted by Gasteiger charge is 2.51. The summed E-state index contributed by atoms with van der Waals surface area (Å²) in [5, 5.41) is 1.06. The minimum Gasteiger partial charge on any atom is -0.326 e. The molecule has 0 bridgehead atoms. The third kappa shape index (κ3) is 2.20. The van der Waals surface area contributed by atoms with Crippen LogP contribution in [-0.2, 0) is 6.54 Å². The van der Waals surface area contributed by atoms with Gasteiger partial charge in [-0.1, -0.05) is 11.8 Å². The molecule has 5 heteroatoms. The molecule has 0 N–H and O–H groups in total. The van der Waals surface area contributed by atoms with Gasteiger partial charge in [-0.15, -0.1) is 23.2 Å². The molecule has 1 aliphatic rings. The lowest BCUT2D eigenvalue weighted by Crippen LogP contribution is -1.98. The van der Waals surface area contributed by atoms with Crippen LogP contribution in [-0.4, -0.2) is 19.6 Å². The van der Waals surface area contributed by atoms with Gasteiger partial charge in [-0.05, 0) is 13.3 Å². The summed E-state index contributed by atoms with van der Waals surface area (Å²) in [6.45, 7) is 3.07. The monoisotopic (exact) mass is 250 g/mol. The number of aryl methyl sites for hydroxylation is 1. The Morgan fingerprint density at radius 2 is 2.43 bits per heavy atom. The Bertz CT molecular complexity index is 324. The molecule has 1 aromatic rings. The predicted molar refractivity (Wildman–Crippen MR) is 61.2 cm³/mol. The van der Waals surface area contributed by atoms with Gasteiger partial charge in [0.15, 0.2) is 5.16 Å². The lowest BCUT2D eigenvalue weighted by atomic mass is 10.5. The molecular weight excluding hydrogens is 239 g/mol. The summed E-state index contributed by atoms with van der Waals surface area (Å²) in [5.41, 5.74) is 0. The van der Waals surface area contributed by atoms with Gasteiger partial charge in [-0.3, -0.25) is 0 Å². The van der Waals surface area contributed by atoms with E-state index in [4.69, 9.17) is 23.2 Å². The molecule has 1 fully saturated rings. The summed E-state index contributed by atoms with van der Waals surface area (Å²) in [6.07, 6.45) is 4.73. The van der Waals surface area contributed by atoms with E-state index in [1.54, 1.807) is 11.8 Å². The first kappa shape index (κ1) is 10.7. The lowest BCUT2D eigenvalue weighted by molar-refractivity contribution is 0.680. The SMILES string of the molecule is CCn1ccnc1SC[C@H]1CC1(Cl)Cl. The quantitative estimate of drug-likeness (QED) is 0.604. The van der Waals surface area contributed by atoms with E-state index >= 15 is 0 Å². The van der Waals surface area contributed by atoms with Crippen LogP contribution in [0, 0.1) is 5.92 Å². The van der Waals surface area contributed by atoms with Crippen molar-refractivity contribution in [1.82, 2.24) is 9.55 Å². The van der Waals surface area contributed by atoms with E-state index in [9.17, 15) is 0 Å². The Hall–Kier alpha value is 0.140. The summed E-state index contributed by atoms with van der Waals surface area (Å²) in [5.74, 6) is 1.39. The van der Waals surface area contributed by atoms with Gasteiger partial charge < -0.3 is 4.57 Å². The second-order valence-electron chi connectivity index (χ2n) is 3.47. The Balaban J connectivity index is 1.87. The zero-order valence-corrected chi connectivity index (χ0v) is 10.2.